The van der Waals surface area contributed by atoms with Gasteiger partial charge in [0.1, 0.15) is 11.6 Å². The van der Waals surface area contributed by atoms with E-state index in [0.717, 1.165) is 64.9 Å². The summed E-state index contributed by atoms with van der Waals surface area (Å²) >= 11 is 0. The quantitative estimate of drug-likeness (QED) is 0.0727. The summed E-state index contributed by atoms with van der Waals surface area (Å²) in [6, 6.07) is 22.9. The normalized spacial score (nSPS) is 10.2. The van der Waals surface area contributed by atoms with Gasteiger partial charge in [0.2, 0.25) is 0 Å². The van der Waals surface area contributed by atoms with Crippen LogP contribution >= 0.6 is 0 Å². The highest BCUT2D eigenvalue weighted by Crippen LogP contribution is 2.27. The number of aromatic nitrogens is 2. The first kappa shape index (κ1) is 43.9. The molecule has 0 saturated carbocycles. The van der Waals surface area contributed by atoms with E-state index in [9.17, 15) is 24.6 Å². The summed E-state index contributed by atoms with van der Waals surface area (Å²) in [7, 11) is 3.63. The number of hydrogen-bond donors (Lipinski definition) is 5. The molecule has 2 heterocycles. The van der Waals surface area contributed by atoms with E-state index in [-0.39, 0.29) is 11.1 Å². The molecular weight excluding hydrogens is 713 g/mol. The van der Waals surface area contributed by atoms with Crippen LogP contribution in [-0.2, 0) is 4.74 Å². The van der Waals surface area contributed by atoms with Crippen LogP contribution in [0.15, 0.2) is 91.3 Å². The summed E-state index contributed by atoms with van der Waals surface area (Å²) in [6.45, 7) is 15.1. The monoisotopic (exact) mass is 764 g/mol. The fourth-order valence-electron chi connectivity index (χ4n) is 5.64. The van der Waals surface area contributed by atoms with E-state index in [1.165, 1.54) is 0 Å². The lowest BCUT2D eigenvalue weighted by Crippen LogP contribution is -2.23. The Labute approximate surface area is 328 Å². The molecule has 0 aliphatic rings. The summed E-state index contributed by atoms with van der Waals surface area (Å²) in [5.41, 5.74) is 7.37. The van der Waals surface area contributed by atoms with E-state index >= 15 is 0 Å². The van der Waals surface area contributed by atoms with Crippen molar-refractivity contribution in [2.45, 2.75) is 41.5 Å². The van der Waals surface area contributed by atoms with Crippen LogP contribution < -0.4 is 20.4 Å². The van der Waals surface area contributed by atoms with Crippen LogP contribution in [0.25, 0.3) is 0 Å². The lowest BCUT2D eigenvalue weighted by molar-refractivity contribution is 0.0686. The largest absolute Gasteiger partial charge is 0.478 e. The zero-order chi connectivity index (χ0) is 41.4. The Balaban J connectivity index is 0.000000247. The zero-order valence-electron chi connectivity index (χ0n) is 33.3. The first-order valence-corrected chi connectivity index (χ1v) is 18.1. The molecule has 56 heavy (non-hydrogen) atoms. The molecule has 5 rings (SSSR count). The molecular formula is C43H52N6O7. The van der Waals surface area contributed by atoms with Crippen LogP contribution in [0.4, 0.5) is 34.4 Å². The summed E-state index contributed by atoms with van der Waals surface area (Å²) in [5.74, 6) is -0.944. The second kappa shape index (κ2) is 21.4. The van der Waals surface area contributed by atoms with Crippen molar-refractivity contribution in [3.63, 3.8) is 0 Å². The molecule has 2 aromatic heterocycles. The number of methoxy groups -OCH3 is 1. The van der Waals surface area contributed by atoms with Gasteiger partial charge in [-0.1, -0.05) is 41.5 Å². The molecule has 0 aliphatic heterocycles. The molecule has 0 unspecified atom stereocenters. The van der Waals surface area contributed by atoms with E-state index in [1.807, 2.05) is 63.9 Å². The summed E-state index contributed by atoms with van der Waals surface area (Å²) in [5, 5.41) is 33.4. The number of likely N-dealkylation sites (N-methyl/N-ethyl adjacent to an activating group) is 1. The molecule has 0 atom stereocenters. The van der Waals surface area contributed by atoms with Gasteiger partial charge in [-0.05, 0) is 101 Å². The molecule has 3 aromatic carbocycles. The van der Waals surface area contributed by atoms with Crippen molar-refractivity contribution in [2.24, 2.45) is 0 Å². The lowest BCUT2D eigenvalue weighted by Gasteiger charge is -2.22. The highest BCUT2D eigenvalue weighted by molar-refractivity contribution is 5.96. The Morgan fingerprint density at radius 3 is 1.50 bits per heavy atom. The van der Waals surface area contributed by atoms with E-state index in [4.69, 9.17) is 9.84 Å². The van der Waals surface area contributed by atoms with Crippen LogP contribution in [0.2, 0.25) is 0 Å². The maximum Gasteiger partial charge on any atom is 0.337 e. The number of hydrogen-bond acceptors (Lipinski definition) is 10. The predicted molar refractivity (Wildman–Crippen MR) is 223 cm³/mol. The highest BCUT2D eigenvalue weighted by Gasteiger charge is 2.14. The Kier molecular flexibility index (Phi) is 16.8. The number of carboxylic acid groups (broad SMARTS) is 3. The minimum Gasteiger partial charge on any atom is -0.478 e. The van der Waals surface area contributed by atoms with E-state index in [1.54, 1.807) is 74.1 Å². The summed E-state index contributed by atoms with van der Waals surface area (Å²) in [4.78, 5) is 46.2. The van der Waals surface area contributed by atoms with Gasteiger partial charge in [-0.15, -0.1) is 0 Å². The average Bonchev–Trinajstić information content (AvgIpc) is 3.17. The van der Waals surface area contributed by atoms with Gasteiger partial charge in [-0.25, -0.2) is 24.4 Å². The van der Waals surface area contributed by atoms with Gasteiger partial charge in [0.25, 0.3) is 0 Å². The summed E-state index contributed by atoms with van der Waals surface area (Å²) in [6.07, 6.45) is 3.45. The second-order valence-corrected chi connectivity index (χ2v) is 12.9. The molecule has 0 amide bonds. The number of benzene rings is 3. The number of carbonyl (C=O) groups is 3. The molecule has 13 heteroatoms. The van der Waals surface area contributed by atoms with Crippen LogP contribution in [-0.4, -0.2) is 83.6 Å². The van der Waals surface area contributed by atoms with Crippen molar-refractivity contribution < 1.29 is 34.4 Å². The van der Waals surface area contributed by atoms with Gasteiger partial charge in [0.15, 0.2) is 0 Å². The zero-order valence-corrected chi connectivity index (χ0v) is 33.3. The number of rotatable bonds is 14. The van der Waals surface area contributed by atoms with Crippen molar-refractivity contribution in [3.05, 3.63) is 130 Å². The molecule has 13 nitrogen and oxygen atoms in total. The van der Waals surface area contributed by atoms with Gasteiger partial charge in [0.05, 0.1) is 58.4 Å². The van der Waals surface area contributed by atoms with Gasteiger partial charge >= 0.3 is 17.9 Å². The molecule has 296 valence electrons. The Hall–Kier alpha value is -6.47. The van der Waals surface area contributed by atoms with Crippen LogP contribution in [0, 0.1) is 27.7 Å². The van der Waals surface area contributed by atoms with Crippen molar-refractivity contribution in [2.75, 3.05) is 60.8 Å². The van der Waals surface area contributed by atoms with E-state index < -0.39 is 17.9 Å². The minimum absolute atomic E-state index is 0.244. The van der Waals surface area contributed by atoms with E-state index in [0.29, 0.717) is 23.5 Å². The number of ether oxygens (including phenoxy) is 1. The summed E-state index contributed by atoms with van der Waals surface area (Å²) < 4.78 is 5.08. The van der Waals surface area contributed by atoms with Crippen LogP contribution in [0.1, 0.15) is 67.2 Å². The van der Waals surface area contributed by atoms with Gasteiger partial charge in [0, 0.05) is 33.8 Å². The highest BCUT2D eigenvalue weighted by atomic mass is 16.5. The number of pyridine rings is 2. The molecule has 0 saturated heterocycles. The van der Waals surface area contributed by atoms with E-state index in [2.05, 4.69) is 39.3 Å². The van der Waals surface area contributed by atoms with Gasteiger partial charge in [-0.2, -0.15) is 0 Å². The topological polar surface area (TPSA) is 177 Å². The third-order valence-electron chi connectivity index (χ3n) is 8.55. The molecule has 5 N–H and O–H groups in total. The van der Waals surface area contributed by atoms with Gasteiger partial charge < -0.3 is 40.5 Å². The SMILES string of the molecule is CCN(CC)c1ncc(Nc2ccc(C)cc2C(=O)O)cc1C.COCCN(C)c1ncc(Nc2ccc(C)cc2C(=O)O)cc1C.O=C(O)c1ccccc1. The fraction of sp³-hybridized carbons (Fsp3) is 0.279. The van der Waals surface area contributed by atoms with Crippen LogP contribution in [0.3, 0.4) is 0 Å². The van der Waals surface area contributed by atoms with Crippen molar-refractivity contribution >= 4 is 52.3 Å². The Bertz CT molecular complexity index is 2090. The Morgan fingerprint density at radius 2 is 1.12 bits per heavy atom. The molecule has 0 fully saturated rings. The number of nitrogens with zero attached hydrogens (tertiary/aromatic N) is 4. The third-order valence-corrected chi connectivity index (χ3v) is 8.55. The lowest BCUT2D eigenvalue weighted by atomic mass is 10.1. The predicted octanol–water partition coefficient (Wildman–Crippen LogP) is 8.59. The second-order valence-electron chi connectivity index (χ2n) is 12.9. The smallest absolute Gasteiger partial charge is 0.337 e. The van der Waals surface area contributed by atoms with Crippen molar-refractivity contribution in [3.8, 4) is 0 Å². The molecule has 0 aliphatic carbocycles. The molecule has 0 bridgehead atoms. The maximum absolute atomic E-state index is 11.4. The molecule has 0 spiro atoms. The van der Waals surface area contributed by atoms with Crippen LogP contribution in [0.5, 0.6) is 0 Å². The maximum atomic E-state index is 11.4. The number of aromatic carboxylic acids is 3. The first-order valence-electron chi connectivity index (χ1n) is 18.1. The Morgan fingerprint density at radius 1 is 0.661 bits per heavy atom. The standard InChI is InChI=1S/C18H23N3O3.C18H23N3O2.C7H6O2/c1-12-5-6-16(15(9-12)18(22)23)20-14-10-13(2)17(19-11-14)21(3)7-8-24-4;1-5-21(6-2)17-13(4)10-14(11-19-17)20-16-8-7-12(3)9-15(16)18(22)23;8-7(9)6-4-2-1-3-5-6/h5-6,9-11,20H,7-8H2,1-4H3,(H,22,23);7-11,20H,5-6H2,1-4H3,(H,22,23);1-5H,(H,8,9). The van der Waals surface area contributed by atoms with Crippen molar-refractivity contribution in [1.29, 1.82) is 0 Å². The number of nitrogens with one attached hydrogen (secondary N) is 2. The number of anilines is 6. The number of carboxylic acids is 3. The molecule has 0 radical (unpaired) electrons. The minimum atomic E-state index is -0.957. The first-order chi connectivity index (χ1) is 26.7. The van der Waals surface area contributed by atoms with Gasteiger partial charge in [-0.3, -0.25) is 0 Å². The number of aryl methyl sites for hydroxylation is 4. The van der Waals surface area contributed by atoms with Crippen molar-refractivity contribution in [1.82, 2.24) is 9.97 Å². The fourth-order valence-corrected chi connectivity index (χ4v) is 5.64. The average molecular weight is 765 g/mol. The molecule has 5 aromatic rings. The third kappa shape index (κ3) is 12.8.